The van der Waals surface area contributed by atoms with E-state index in [1.807, 2.05) is 35.0 Å². The number of carbonyl (C=O) groups is 1. The number of nitrogens with zero attached hydrogens (tertiary/aromatic N) is 1. The van der Waals surface area contributed by atoms with Gasteiger partial charge in [-0.25, -0.2) is 0 Å². The minimum atomic E-state index is 0.149. The fourth-order valence-electron chi connectivity index (χ4n) is 2.26. The van der Waals surface area contributed by atoms with Crippen molar-refractivity contribution < 1.29 is 4.79 Å². The van der Waals surface area contributed by atoms with Gasteiger partial charge in [-0.2, -0.15) is 0 Å². The third kappa shape index (κ3) is 2.38. The molecule has 0 aliphatic heterocycles. The van der Waals surface area contributed by atoms with Crippen molar-refractivity contribution in [1.29, 1.82) is 0 Å². The molecule has 0 atom stereocenters. The molecule has 2 aromatic heterocycles. The highest BCUT2D eigenvalue weighted by atomic mass is 79.9. The van der Waals surface area contributed by atoms with Crippen molar-refractivity contribution in [3.63, 3.8) is 0 Å². The summed E-state index contributed by atoms with van der Waals surface area (Å²) >= 11 is 4.87. The van der Waals surface area contributed by atoms with Crippen molar-refractivity contribution in [3.05, 3.63) is 56.8 Å². The third-order valence-corrected chi connectivity index (χ3v) is 4.81. The van der Waals surface area contributed by atoms with E-state index in [2.05, 4.69) is 35.0 Å². The number of aryl methyl sites for hydroxylation is 1. The van der Waals surface area contributed by atoms with Gasteiger partial charge < -0.3 is 4.57 Å². The monoisotopic (exact) mass is 333 g/mol. The lowest BCUT2D eigenvalue weighted by atomic mass is 10.2. The molecule has 96 valence electrons. The second kappa shape index (κ2) is 4.94. The van der Waals surface area contributed by atoms with Crippen LogP contribution in [0.15, 0.2) is 46.4 Å². The number of halogens is 1. The zero-order valence-electron chi connectivity index (χ0n) is 10.4. The Balaban J connectivity index is 1.95. The van der Waals surface area contributed by atoms with Gasteiger partial charge in [0.2, 0.25) is 0 Å². The van der Waals surface area contributed by atoms with E-state index in [1.54, 1.807) is 0 Å². The van der Waals surface area contributed by atoms with E-state index in [0.717, 1.165) is 14.2 Å². The first-order chi connectivity index (χ1) is 9.15. The van der Waals surface area contributed by atoms with Crippen LogP contribution >= 0.6 is 27.3 Å². The van der Waals surface area contributed by atoms with Crippen LogP contribution in [-0.2, 0) is 6.54 Å². The van der Waals surface area contributed by atoms with E-state index in [-0.39, 0.29) is 5.78 Å². The Labute approximate surface area is 123 Å². The second-order valence-corrected chi connectivity index (χ2v) is 6.95. The van der Waals surface area contributed by atoms with Gasteiger partial charge in [-0.05, 0) is 46.6 Å². The van der Waals surface area contributed by atoms with Crippen LogP contribution in [0.25, 0.3) is 10.9 Å². The van der Waals surface area contributed by atoms with E-state index in [4.69, 9.17) is 0 Å². The Morgan fingerprint density at radius 3 is 2.79 bits per heavy atom. The molecule has 0 aliphatic carbocycles. The summed E-state index contributed by atoms with van der Waals surface area (Å²) in [5.74, 6) is 0.149. The molecule has 0 saturated carbocycles. The Kier molecular flexibility index (Phi) is 3.29. The van der Waals surface area contributed by atoms with Crippen molar-refractivity contribution >= 4 is 44.0 Å². The first-order valence-corrected chi connectivity index (χ1v) is 7.59. The van der Waals surface area contributed by atoms with E-state index in [0.29, 0.717) is 6.54 Å². The van der Waals surface area contributed by atoms with Crippen LogP contribution in [-0.4, -0.2) is 10.4 Å². The number of hydrogen-bond donors (Lipinski definition) is 0. The molecule has 2 nitrogen and oxygen atoms in total. The van der Waals surface area contributed by atoms with Crippen LogP contribution in [0, 0.1) is 6.92 Å². The molecule has 0 aliphatic rings. The molecule has 0 spiro atoms. The summed E-state index contributed by atoms with van der Waals surface area (Å²) in [5.41, 5.74) is 2.32. The van der Waals surface area contributed by atoms with Crippen molar-refractivity contribution in [2.75, 3.05) is 0 Å². The van der Waals surface area contributed by atoms with Crippen molar-refractivity contribution in [3.8, 4) is 0 Å². The maximum Gasteiger partial charge on any atom is 0.192 e. The molecule has 19 heavy (non-hydrogen) atoms. The summed E-state index contributed by atoms with van der Waals surface area (Å²) in [5, 5.41) is 1.21. The number of hydrogen-bond acceptors (Lipinski definition) is 2. The van der Waals surface area contributed by atoms with Crippen molar-refractivity contribution in [2.24, 2.45) is 0 Å². The predicted octanol–water partition coefficient (Wildman–Crippen LogP) is 4.66. The summed E-state index contributed by atoms with van der Waals surface area (Å²) in [6.07, 6.45) is 2.05. The second-order valence-electron chi connectivity index (χ2n) is 4.48. The number of benzene rings is 1. The van der Waals surface area contributed by atoms with Gasteiger partial charge in [0.25, 0.3) is 0 Å². The summed E-state index contributed by atoms with van der Waals surface area (Å²) in [4.78, 5) is 13.0. The quantitative estimate of drug-likeness (QED) is 0.639. The number of carbonyl (C=O) groups excluding carboxylic acids is 1. The number of fused-ring (bicyclic) bond motifs is 1. The summed E-state index contributed by atoms with van der Waals surface area (Å²) < 4.78 is 3.02. The van der Waals surface area contributed by atoms with Crippen LogP contribution in [0.3, 0.4) is 0 Å². The molecule has 1 aromatic carbocycles. The Hall–Kier alpha value is -1.39. The predicted molar refractivity (Wildman–Crippen MR) is 83.0 cm³/mol. The molecule has 0 N–H and O–H groups in total. The summed E-state index contributed by atoms with van der Waals surface area (Å²) in [6, 6.07) is 12.0. The third-order valence-electron chi connectivity index (χ3n) is 3.15. The van der Waals surface area contributed by atoms with Gasteiger partial charge in [-0.3, -0.25) is 4.79 Å². The largest absolute Gasteiger partial charge is 0.339 e. The smallest absolute Gasteiger partial charge is 0.192 e. The van der Waals surface area contributed by atoms with Crippen molar-refractivity contribution in [1.82, 2.24) is 4.57 Å². The highest BCUT2D eigenvalue weighted by Crippen LogP contribution is 2.24. The van der Waals surface area contributed by atoms with E-state index in [9.17, 15) is 4.79 Å². The molecule has 4 heteroatoms. The maximum atomic E-state index is 12.2. The SMILES string of the molecule is Cc1cn(CC(=O)c2ccc(Br)s2)c2ccccc12. The molecular weight excluding hydrogens is 322 g/mol. The minimum Gasteiger partial charge on any atom is -0.339 e. The number of aromatic nitrogens is 1. The summed E-state index contributed by atoms with van der Waals surface area (Å²) in [6.45, 7) is 2.46. The zero-order chi connectivity index (χ0) is 13.4. The number of ketones is 1. The standard InChI is InChI=1S/C15H12BrNOS/c1-10-8-17(12-5-3-2-4-11(10)12)9-13(18)14-6-7-15(16)19-14/h2-8H,9H2,1H3. The van der Waals surface area contributed by atoms with Gasteiger partial charge in [0, 0.05) is 17.1 Å². The number of Topliss-reactive ketones (excluding diaryl/α,β-unsaturated/α-hetero) is 1. The zero-order valence-corrected chi connectivity index (χ0v) is 12.8. The first kappa shape index (κ1) is 12.6. The first-order valence-electron chi connectivity index (χ1n) is 5.98. The molecule has 0 saturated heterocycles. The lowest BCUT2D eigenvalue weighted by Crippen LogP contribution is -2.07. The van der Waals surface area contributed by atoms with E-state index >= 15 is 0 Å². The van der Waals surface area contributed by atoms with Gasteiger partial charge in [0.05, 0.1) is 15.2 Å². The lowest BCUT2D eigenvalue weighted by molar-refractivity contribution is 0.0977. The van der Waals surface area contributed by atoms with Gasteiger partial charge in [0.15, 0.2) is 5.78 Å². The highest BCUT2D eigenvalue weighted by molar-refractivity contribution is 9.11. The molecule has 0 radical (unpaired) electrons. The van der Waals surface area contributed by atoms with Crippen LogP contribution in [0.5, 0.6) is 0 Å². The highest BCUT2D eigenvalue weighted by Gasteiger charge is 2.12. The normalized spacial score (nSPS) is 11.1. The van der Waals surface area contributed by atoms with Crippen LogP contribution < -0.4 is 0 Å². The Bertz CT molecular complexity index is 756. The van der Waals surface area contributed by atoms with Crippen molar-refractivity contribution in [2.45, 2.75) is 13.5 Å². The molecule has 0 amide bonds. The molecule has 3 rings (SSSR count). The summed E-state index contributed by atoms with van der Waals surface area (Å²) in [7, 11) is 0. The van der Waals surface area contributed by atoms with Gasteiger partial charge in [0.1, 0.15) is 0 Å². The Morgan fingerprint density at radius 2 is 2.05 bits per heavy atom. The van der Waals surface area contributed by atoms with Gasteiger partial charge >= 0.3 is 0 Å². The molecular formula is C15H12BrNOS. The lowest BCUT2D eigenvalue weighted by Gasteiger charge is -2.03. The molecule has 2 heterocycles. The number of para-hydroxylation sites is 1. The minimum absolute atomic E-state index is 0.149. The van der Waals surface area contributed by atoms with E-state index < -0.39 is 0 Å². The average molecular weight is 334 g/mol. The van der Waals surface area contributed by atoms with Gasteiger partial charge in [-0.1, -0.05) is 18.2 Å². The molecule has 0 unspecified atom stereocenters. The van der Waals surface area contributed by atoms with Crippen LogP contribution in [0.4, 0.5) is 0 Å². The molecule has 0 fully saturated rings. The van der Waals surface area contributed by atoms with Crippen LogP contribution in [0.1, 0.15) is 15.2 Å². The number of rotatable bonds is 3. The van der Waals surface area contributed by atoms with Crippen LogP contribution in [0.2, 0.25) is 0 Å². The van der Waals surface area contributed by atoms with Gasteiger partial charge in [-0.15, -0.1) is 11.3 Å². The topological polar surface area (TPSA) is 22.0 Å². The number of thiophene rings is 1. The average Bonchev–Trinajstić information content (AvgIpc) is 2.96. The molecule has 3 aromatic rings. The Morgan fingerprint density at radius 1 is 1.26 bits per heavy atom. The maximum absolute atomic E-state index is 12.2. The molecule has 0 bridgehead atoms. The fraction of sp³-hybridized carbons (Fsp3) is 0.133. The van der Waals surface area contributed by atoms with E-state index in [1.165, 1.54) is 22.3 Å². The fourth-order valence-corrected chi connectivity index (χ4v) is 3.57.